The average molecular weight is 1700 g/mol. The van der Waals surface area contributed by atoms with Crippen molar-refractivity contribution >= 4 is 89.2 Å². The number of fused-ring (bicyclic) bond motifs is 1. The Morgan fingerprint density at radius 2 is 0.908 bits per heavy atom. The molecule has 0 radical (unpaired) electrons. The zero-order valence-corrected chi connectivity index (χ0v) is 74.0. The number of nitrogens with one attached hydrogen (secondary N) is 5. The van der Waals surface area contributed by atoms with Crippen LogP contribution in [0, 0.1) is 17.8 Å². The van der Waals surface area contributed by atoms with Gasteiger partial charge in [0.1, 0.15) is 30.1 Å². The summed E-state index contributed by atoms with van der Waals surface area (Å²) in [5, 5.41) is 14.9. The number of ether oxygens (including phenoxy) is 15. The van der Waals surface area contributed by atoms with E-state index in [2.05, 4.69) is 26.6 Å². The number of nitrogens with zero attached hydrogens (tertiary/aromatic N) is 1. The molecule has 1 saturated heterocycles. The van der Waals surface area contributed by atoms with E-state index in [-0.39, 0.29) is 116 Å². The summed E-state index contributed by atoms with van der Waals surface area (Å²) in [5.41, 5.74) is -1.66. The number of carbonyl (C=O) groups excluding carboxylic acids is 15. The molecule has 18 atom stereocenters. The fraction of sp³-hybridized carbons (Fsp3) is 0.817. The van der Waals surface area contributed by atoms with Gasteiger partial charge in [-0.25, -0.2) is 0 Å². The summed E-state index contributed by atoms with van der Waals surface area (Å²) in [7, 11) is 0. The Kier molecular flexibility index (Phi) is 39.5. The van der Waals surface area contributed by atoms with Crippen LogP contribution in [-0.4, -0.2) is 266 Å². The Labute approximate surface area is 698 Å². The molecule has 4 aliphatic rings. The lowest BCUT2D eigenvalue weighted by atomic mass is 9.76. The molecule has 18 unspecified atom stereocenters. The van der Waals surface area contributed by atoms with E-state index in [0.717, 1.165) is 34.6 Å². The van der Waals surface area contributed by atoms with E-state index >= 15 is 4.79 Å². The van der Waals surface area contributed by atoms with Crippen molar-refractivity contribution in [1.82, 2.24) is 31.5 Å². The van der Waals surface area contributed by atoms with Crippen molar-refractivity contribution in [1.29, 1.82) is 0 Å². The first kappa shape index (κ1) is 103. The highest BCUT2D eigenvalue weighted by molar-refractivity contribution is 5.79. The van der Waals surface area contributed by atoms with Gasteiger partial charge in [-0.3, -0.25) is 71.9 Å². The quantitative estimate of drug-likeness (QED) is 0.0361. The molecule has 7 N–H and O–H groups in total. The lowest BCUT2D eigenvalue weighted by molar-refractivity contribution is -0.266. The van der Waals surface area contributed by atoms with Crippen LogP contribution in [-0.2, 0) is 143 Å². The molecular formula is C82H135N7O30. The van der Waals surface area contributed by atoms with Gasteiger partial charge >= 0.3 is 53.7 Å². The van der Waals surface area contributed by atoms with Gasteiger partial charge in [0.15, 0.2) is 18.3 Å². The van der Waals surface area contributed by atoms with Crippen molar-refractivity contribution < 1.29 is 143 Å². The first-order valence-corrected chi connectivity index (χ1v) is 40.8. The molecule has 0 spiro atoms. The zero-order valence-electron chi connectivity index (χ0n) is 74.0. The highest BCUT2D eigenvalue weighted by Gasteiger charge is 2.60. The van der Waals surface area contributed by atoms with Crippen molar-refractivity contribution in [2.45, 2.75) is 355 Å². The topological polar surface area (TPSA) is 484 Å². The molecule has 37 heteroatoms. The minimum Gasteiger partial charge on any atom is -0.465 e. The Bertz CT molecular complexity index is 3520. The van der Waals surface area contributed by atoms with E-state index in [1.807, 2.05) is 27.7 Å². The maximum Gasteiger partial charge on any atom is 0.303 e. The molecule has 37 nitrogen and oxygen atoms in total. The molecule has 0 aromatic rings. The third-order valence-corrected chi connectivity index (χ3v) is 21.4. The van der Waals surface area contributed by atoms with E-state index in [0.29, 0.717) is 19.3 Å². The van der Waals surface area contributed by atoms with Crippen molar-refractivity contribution in [3.8, 4) is 0 Å². The zero-order chi connectivity index (χ0) is 90.1. The second-order valence-corrected chi connectivity index (χ2v) is 34.9. The molecule has 0 aromatic heterocycles. The van der Waals surface area contributed by atoms with Crippen LogP contribution in [0.1, 0.15) is 243 Å². The molecule has 1 heterocycles. The van der Waals surface area contributed by atoms with Crippen molar-refractivity contribution in [2.75, 3.05) is 59.5 Å². The van der Waals surface area contributed by atoms with E-state index in [1.54, 1.807) is 41.5 Å². The van der Waals surface area contributed by atoms with E-state index in [4.69, 9.17) is 76.8 Å². The second-order valence-electron chi connectivity index (χ2n) is 34.9. The van der Waals surface area contributed by atoms with Crippen LogP contribution in [0.2, 0.25) is 0 Å². The number of hydrogen-bond acceptors (Lipinski definition) is 31. The van der Waals surface area contributed by atoms with Crippen LogP contribution in [0.15, 0.2) is 0 Å². The van der Waals surface area contributed by atoms with Gasteiger partial charge in [0.2, 0.25) is 35.4 Å². The molecule has 678 valence electrons. The van der Waals surface area contributed by atoms with Crippen molar-refractivity contribution in [2.24, 2.45) is 23.5 Å². The minimum atomic E-state index is -2.08. The normalized spacial score (nSPS) is 29.7. The van der Waals surface area contributed by atoms with Crippen LogP contribution in [0.5, 0.6) is 0 Å². The predicted molar refractivity (Wildman–Crippen MR) is 422 cm³/mol. The molecule has 6 amide bonds. The Morgan fingerprint density at radius 1 is 0.513 bits per heavy atom. The van der Waals surface area contributed by atoms with Crippen LogP contribution in [0.4, 0.5) is 0 Å². The smallest absolute Gasteiger partial charge is 0.303 e. The SMILES string of the molecule is CCC(C)(CCC(C)(C)OC1CC(COC(C)=O)C(OC(C)=O)C(OC(C)=O)C1NC(C)=O)NC(=O)CCOCC1(N)COCCC(=O)NC(C)(C)CCC(C)(C)OC2CC(COC(C)=O)C(OC(C)=O)C(OC(C)=O)C2N(C(C)=O)C(C)(OC2CC(COC(C)=O)C(OC(C)=O)C(OC(C)=O)C2NC(C)=O)CCC(C)(C)NC(=O)CCOC1. The first-order valence-electron chi connectivity index (χ1n) is 40.8. The van der Waals surface area contributed by atoms with Gasteiger partial charge in [-0.15, -0.1) is 0 Å². The van der Waals surface area contributed by atoms with Gasteiger partial charge in [-0.1, -0.05) is 6.92 Å². The van der Waals surface area contributed by atoms with Gasteiger partial charge in [0.25, 0.3) is 0 Å². The summed E-state index contributed by atoms with van der Waals surface area (Å²) in [5.74, 6) is -12.8. The standard InChI is InChI=1S/C82H135N7O30/c1-24-80(22,32-31-79(20,21)117-61-37-58(40-108-49(5)93)70(111-52(8)96)73(114-55(11)99)67(61)84-46(2)90)88-66(104)27-36-107-45-82(83)43-105-34-25-64(102)86-76(14,15)28-30-78(18,19)118-63-39-60(42-110-51(7)95)72(113-54(10)98)75(116-57(13)101)69(63)89(48(4)92)81(23,33-29-77(16,17)87-65(103)26-35-106-44-82)119-62-38-59(41-109-50(6)94)71(112-53(9)97)74(115-56(12)100)68(62)85-47(3)91/h58-63,67-75H,24-45,83H2,1-23H3,(H,84,90)(H,85,91)(H,86,102)(H,87,103)(H,88,104). The molecule has 1 aliphatic heterocycles. The number of hydrogen-bond donors (Lipinski definition) is 6. The van der Waals surface area contributed by atoms with Gasteiger partial charge in [0, 0.05) is 137 Å². The lowest BCUT2D eigenvalue weighted by Gasteiger charge is -2.56. The summed E-state index contributed by atoms with van der Waals surface area (Å²) in [6, 6.07) is -3.93. The summed E-state index contributed by atoms with van der Waals surface area (Å²) in [6.07, 6.45) is -11.4. The summed E-state index contributed by atoms with van der Waals surface area (Å²) in [4.78, 5) is 201. The highest BCUT2D eigenvalue weighted by atomic mass is 16.6. The molecule has 3 aliphatic carbocycles. The Morgan fingerprint density at radius 3 is 1.32 bits per heavy atom. The highest BCUT2D eigenvalue weighted by Crippen LogP contribution is 2.45. The van der Waals surface area contributed by atoms with Gasteiger partial charge in [-0.2, -0.15) is 0 Å². The largest absolute Gasteiger partial charge is 0.465 e. The van der Waals surface area contributed by atoms with Gasteiger partial charge in [-0.05, 0) is 133 Å². The molecule has 4 fully saturated rings. The number of carbonyl (C=O) groups is 15. The Hall–Kier alpha value is -8.23. The molecule has 0 aromatic carbocycles. The van der Waals surface area contributed by atoms with Crippen molar-refractivity contribution in [3.63, 3.8) is 0 Å². The second kappa shape index (κ2) is 45.6. The van der Waals surface area contributed by atoms with Crippen LogP contribution in [0.3, 0.4) is 0 Å². The third-order valence-electron chi connectivity index (χ3n) is 21.4. The van der Waals surface area contributed by atoms with Crippen LogP contribution in [0.25, 0.3) is 0 Å². The third kappa shape index (κ3) is 35.0. The van der Waals surface area contributed by atoms with E-state index < -0.39 is 226 Å². The van der Waals surface area contributed by atoms with Gasteiger partial charge in [0.05, 0.1) is 107 Å². The summed E-state index contributed by atoms with van der Waals surface area (Å²) >= 11 is 0. The summed E-state index contributed by atoms with van der Waals surface area (Å²) < 4.78 is 91.7. The molecule has 3 saturated carbocycles. The number of rotatable bonds is 28. The fourth-order valence-corrected chi connectivity index (χ4v) is 15.8. The minimum absolute atomic E-state index is 0.0676. The number of nitrogens with two attached hydrogens (primary N) is 1. The van der Waals surface area contributed by atoms with Crippen LogP contribution < -0.4 is 32.3 Å². The first-order chi connectivity index (χ1) is 55.0. The van der Waals surface area contributed by atoms with Gasteiger partial charge < -0.3 is 108 Å². The van der Waals surface area contributed by atoms with Crippen LogP contribution >= 0.6 is 0 Å². The van der Waals surface area contributed by atoms with E-state index in [9.17, 15) is 67.1 Å². The maximum atomic E-state index is 15.5. The lowest BCUT2D eigenvalue weighted by Crippen LogP contribution is -2.72. The molecule has 119 heavy (non-hydrogen) atoms. The Balaban J connectivity index is 1.75. The molecule has 0 bridgehead atoms. The maximum absolute atomic E-state index is 15.5. The number of esters is 9. The van der Waals surface area contributed by atoms with Crippen molar-refractivity contribution in [3.05, 3.63) is 0 Å². The average Bonchev–Trinajstić information content (AvgIpc) is 0.743. The number of amides is 6. The molecule has 4 rings (SSSR count). The monoisotopic (exact) mass is 1700 g/mol. The molecular weight excluding hydrogens is 1560 g/mol. The predicted octanol–water partition coefficient (Wildman–Crippen LogP) is 4.33. The summed E-state index contributed by atoms with van der Waals surface area (Å²) in [6.45, 7) is 31.3. The van der Waals surface area contributed by atoms with E-state index in [1.165, 1.54) is 60.3 Å². The fourth-order valence-electron chi connectivity index (χ4n) is 15.8.